The van der Waals surface area contributed by atoms with Gasteiger partial charge in [-0.2, -0.15) is 0 Å². The maximum absolute atomic E-state index is 11.9. The van der Waals surface area contributed by atoms with Gasteiger partial charge in [-0.05, 0) is 12.1 Å². The summed E-state index contributed by atoms with van der Waals surface area (Å²) in [5.74, 6) is 0.608. The molecule has 1 atom stereocenters. The van der Waals surface area contributed by atoms with Gasteiger partial charge >= 0.3 is 6.03 Å². The summed E-state index contributed by atoms with van der Waals surface area (Å²) >= 11 is 6.03. The van der Waals surface area contributed by atoms with Crippen molar-refractivity contribution in [2.45, 2.75) is 6.10 Å². The van der Waals surface area contributed by atoms with E-state index in [-0.39, 0.29) is 19.2 Å². The van der Waals surface area contributed by atoms with Gasteiger partial charge in [-0.3, -0.25) is 0 Å². The molecule has 0 spiro atoms. The molecule has 2 amide bonds. The van der Waals surface area contributed by atoms with E-state index in [1.165, 1.54) is 19.1 Å². The van der Waals surface area contributed by atoms with Gasteiger partial charge in [-0.25, -0.2) is 4.79 Å². The number of aliphatic hydroxyl groups excluding tert-OH is 1. The molecule has 20 heavy (non-hydrogen) atoms. The van der Waals surface area contributed by atoms with E-state index in [1.807, 2.05) is 0 Å². The molecule has 7 heteroatoms. The number of likely N-dealkylation sites (N-methyl/N-ethyl adjacent to an activating group) is 1. The van der Waals surface area contributed by atoms with Crippen molar-refractivity contribution in [2.24, 2.45) is 0 Å². The highest BCUT2D eigenvalue weighted by Crippen LogP contribution is 2.26. The number of benzene rings is 1. The van der Waals surface area contributed by atoms with Crippen LogP contribution in [0.5, 0.6) is 5.75 Å². The minimum Gasteiger partial charge on any atom is -0.497 e. The number of rotatable bonds is 6. The Bertz CT molecular complexity index is 456. The lowest BCUT2D eigenvalue weighted by Gasteiger charge is -2.21. The predicted molar refractivity (Wildman–Crippen MR) is 77.5 cm³/mol. The lowest BCUT2D eigenvalue weighted by Crippen LogP contribution is -2.38. The fourth-order valence-electron chi connectivity index (χ4n) is 1.58. The van der Waals surface area contributed by atoms with Gasteiger partial charge < -0.3 is 24.8 Å². The molecule has 0 aliphatic heterocycles. The number of ether oxygens (including phenoxy) is 2. The third kappa shape index (κ3) is 4.88. The molecule has 0 aromatic heterocycles. The second-order valence-corrected chi connectivity index (χ2v) is 4.67. The number of amides is 2. The zero-order chi connectivity index (χ0) is 15.1. The largest absolute Gasteiger partial charge is 0.497 e. The molecule has 6 nitrogen and oxygen atoms in total. The average Bonchev–Trinajstić information content (AvgIpc) is 2.41. The fraction of sp³-hybridized carbons (Fsp3) is 0.462. The lowest BCUT2D eigenvalue weighted by atomic mass is 10.3. The number of hydrogen-bond acceptors (Lipinski definition) is 4. The third-order valence-electron chi connectivity index (χ3n) is 2.61. The van der Waals surface area contributed by atoms with Crippen LogP contribution in [0.15, 0.2) is 18.2 Å². The van der Waals surface area contributed by atoms with Gasteiger partial charge in [0.05, 0.1) is 37.1 Å². The summed E-state index contributed by atoms with van der Waals surface area (Å²) < 4.78 is 9.83. The van der Waals surface area contributed by atoms with E-state index in [0.29, 0.717) is 16.5 Å². The van der Waals surface area contributed by atoms with E-state index in [0.717, 1.165) is 0 Å². The molecule has 1 rings (SSSR count). The molecule has 0 aliphatic carbocycles. The number of nitrogens with one attached hydrogen (secondary N) is 1. The van der Waals surface area contributed by atoms with Gasteiger partial charge in [0.15, 0.2) is 0 Å². The molecule has 0 saturated heterocycles. The number of methoxy groups -OCH3 is 2. The Morgan fingerprint density at radius 1 is 1.50 bits per heavy atom. The minimum atomic E-state index is -0.734. The van der Waals surface area contributed by atoms with Crippen molar-refractivity contribution >= 4 is 23.3 Å². The van der Waals surface area contributed by atoms with E-state index in [1.54, 1.807) is 25.2 Å². The number of halogens is 1. The molecule has 0 aliphatic rings. The van der Waals surface area contributed by atoms with Crippen LogP contribution in [0.2, 0.25) is 5.02 Å². The van der Waals surface area contributed by atoms with Crippen LogP contribution in [0.25, 0.3) is 0 Å². The highest BCUT2D eigenvalue weighted by molar-refractivity contribution is 6.33. The summed E-state index contributed by atoms with van der Waals surface area (Å²) in [6.45, 7) is 0.328. The number of carbonyl (C=O) groups excluding carboxylic acids is 1. The first kappa shape index (κ1) is 16.6. The molecule has 0 bridgehead atoms. The first-order chi connectivity index (χ1) is 9.47. The number of anilines is 1. The van der Waals surface area contributed by atoms with Crippen LogP contribution in [-0.4, -0.2) is 56.6 Å². The Kier molecular flexibility index (Phi) is 6.57. The highest BCUT2D eigenvalue weighted by Gasteiger charge is 2.14. The molecule has 1 unspecified atom stereocenters. The van der Waals surface area contributed by atoms with Gasteiger partial charge in [-0.1, -0.05) is 11.6 Å². The zero-order valence-corrected chi connectivity index (χ0v) is 12.5. The Hall–Kier alpha value is -1.50. The first-order valence-electron chi connectivity index (χ1n) is 6.00. The van der Waals surface area contributed by atoms with Crippen molar-refractivity contribution in [3.05, 3.63) is 23.2 Å². The van der Waals surface area contributed by atoms with Crippen LogP contribution in [-0.2, 0) is 4.74 Å². The van der Waals surface area contributed by atoms with Crippen LogP contribution in [0.4, 0.5) is 10.5 Å². The van der Waals surface area contributed by atoms with Gasteiger partial charge in [0.1, 0.15) is 5.75 Å². The topological polar surface area (TPSA) is 71.0 Å². The standard InChI is InChI=1S/C13H19ClN2O4/c1-16(7-9(17)8-19-2)13(18)15-12-5-4-10(20-3)6-11(12)14/h4-6,9,17H,7-8H2,1-3H3,(H,15,18). The first-order valence-corrected chi connectivity index (χ1v) is 6.38. The quantitative estimate of drug-likeness (QED) is 0.841. The normalized spacial score (nSPS) is 11.8. The molecule has 2 N–H and O–H groups in total. The summed E-state index contributed by atoms with van der Waals surface area (Å²) in [6.07, 6.45) is -0.734. The molecule has 0 radical (unpaired) electrons. The smallest absolute Gasteiger partial charge is 0.321 e. The summed E-state index contributed by atoms with van der Waals surface area (Å²) in [6, 6.07) is 4.59. The van der Waals surface area contributed by atoms with Crippen molar-refractivity contribution in [3.63, 3.8) is 0 Å². The summed E-state index contributed by atoms with van der Waals surface area (Å²) in [4.78, 5) is 13.3. The minimum absolute atomic E-state index is 0.160. The van der Waals surface area contributed by atoms with Gasteiger partial charge in [0.25, 0.3) is 0 Å². The van der Waals surface area contributed by atoms with Gasteiger partial charge in [0, 0.05) is 20.2 Å². The summed E-state index contributed by atoms with van der Waals surface area (Å²) in [5, 5.41) is 12.6. The van der Waals surface area contributed by atoms with Crippen molar-refractivity contribution < 1.29 is 19.4 Å². The zero-order valence-electron chi connectivity index (χ0n) is 11.7. The second kappa shape index (κ2) is 7.94. The van der Waals surface area contributed by atoms with Crippen LogP contribution in [0.1, 0.15) is 0 Å². The van der Waals surface area contributed by atoms with E-state index in [2.05, 4.69) is 5.32 Å². The number of urea groups is 1. The van der Waals surface area contributed by atoms with E-state index < -0.39 is 6.10 Å². The van der Waals surface area contributed by atoms with Crippen molar-refractivity contribution in [2.75, 3.05) is 39.7 Å². The molecule has 1 aromatic carbocycles. The number of carbonyl (C=O) groups is 1. The number of aliphatic hydroxyl groups is 1. The maximum Gasteiger partial charge on any atom is 0.321 e. The Morgan fingerprint density at radius 3 is 2.75 bits per heavy atom. The van der Waals surface area contributed by atoms with Crippen LogP contribution in [0, 0.1) is 0 Å². The Morgan fingerprint density at radius 2 is 2.20 bits per heavy atom. The molecule has 0 heterocycles. The molecule has 112 valence electrons. The number of nitrogens with zero attached hydrogens (tertiary/aromatic N) is 1. The fourth-order valence-corrected chi connectivity index (χ4v) is 1.80. The van der Waals surface area contributed by atoms with Gasteiger partial charge in [0.2, 0.25) is 0 Å². The molecular formula is C13H19ClN2O4. The van der Waals surface area contributed by atoms with E-state index in [9.17, 15) is 9.90 Å². The Labute approximate surface area is 123 Å². The lowest BCUT2D eigenvalue weighted by molar-refractivity contribution is 0.0501. The Balaban J connectivity index is 2.61. The van der Waals surface area contributed by atoms with Crippen molar-refractivity contribution in [3.8, 4) is 5.75 Å². The van der Waals surface area contributed by atoms with Crippen molar-refractivity contribution in [1.82, 2.24) is 4.90 Å². The highest BCUT2D eigenvalue weighted by atomic mass is 35.5. The molecule has 0 fully saturated rings. The summed E-state index contributed by atoms with van der Waals surface area (Å²) in [7, 11) is 4.60. The second-order valence-electron chi connectivity index (χ2n) is 4.27. The predicted octanol–water partition coefficient (Wildman–Crippen LogP) is 1.82. The van der Waals surface area contributed by atoms with Crippen LogP contribution >= 0.6 is 11.6 Å². The van der Waals surface area contributed by atoms with Gasteiger partial charge in [-0.15, -0.1) is 0 Å². The average molecular weight is 303 g/mol. The summed E-state index contributed by atoms with van der Waals surface area (Å²) in [5.41, 5.74) is 0.477. The van der Waals surface area contributed by atoms with Crippen molar-refractivity contribution in [1.29, 1.82) is 0 Å². The third-order valence-corrected chi connectivity index (χ3v) is 2.92. The molecular weight excluding hydrogens is 284 g/mol. The van der Waals surface area contributed by atoms with Crippen LogP contribution < -0.4 is 10.1 Å². The SMILES string of the molecule is COCC(O)CN(C)C(=O)Nc1ccc(OC)cc1Cl. The maximum atomic E-state index is 11.9. The monoisotopic (exact) mass is 302 g/mol. The van der Waals surface area contributed by atoms with E-state index in [4.69, 9.17) is 21.1 Å². The number of hydrogen-bond donors (Lipinski definition) is 2. The molecule has 0 saturated carbocycles. The molecule has 1 aromatic rings. The van der Waals surface area contributed by atoms with E-state index >= 15 is 0 Å². The van der Waals surface area contributed by atoms with Crippen LogP contribution in [0.3, 0.4) is 0 Å².